The van der Waals surface area contributed by atoms with Gasteiger partial charge in [0.2, 0.25) is 0 Å². The number of carbonyl (C=O) groups is 3. The van der Waals surface area contributed by atoms with Gasteiger partial charge in [-0.05, 0) is 50.1 Å². The van der Waals surface area contributed by atoms with Crippen LogP contribution in [-0.2, 0) is 32.2 Å². The van der Waals surface area contributed by atoms with E-state index >= 15 is 0 Å². The standard InChI is InChI=1S/C23H29FN2O3.2C2HF3O2/c1-2-29-22(27)23-9-3-10-25(12-18-4-6-21(24)7-5-18)14-20(23)15-26(17-23)13-19-8-11-28-16-19;2*3-2(4,5)1(6)7/h4-8,11,16,20H,2-3,9-10,12-15,17H2,1H3;2*(H,6,7)/t20-,23-;;/m0../s1. The number of hydrogen-bond donors (Lipinski definition) is 2. The highest BCUT2D eigenvalue weighted by Crippen LogP contribution is 2.44. The Labute approximate surface area is 241 Å². The van der Waals surface area contributed by atoms with E-state index in [9.17, 15) is 35.5 Å². The summed E-state index contributed by atoms with van der Waals surface area (Å²) < 4.78 is 87.5. The molecule has 0 aliphatic carbocycles. The number of hydrogen-bond acceptors (Lipinski definition) is 7. The van der Waals surface area contributed by atoms with Crippen molar-refractivity contribution < 1.29 is 64.5 Å². The number of halogens is 7. The molecule has 43 heavy (non-hydrogen) atoms. The fourth-order valence-corrected chi connectivity index (χ4v) is 4.98. The molecular formula is C27H31F7N2O7. The molecule has 2 aromatic rings. The van der Waals surface area contributed by atoms with Crippen molar-refractivity contribution >= 4 is 17.9 Å². The van der Waals surface area contributed by atoms with Gasteiger partial charge in [-0.2, -0.15) is 26.3 Å². The van der Waals surface area contributed by atoms with E-state index in [4.69, 9.17) is 29.0 Å². The number of rotatable bonds is 6. The maximum Gasteiger partial charge on any atom is 0.490 e. The van der Waals surface area contributed by atoms with E-state index in [2.05, 4.69) is 9.80 Å². The average Bonchev–Trinajstić information content (AvgIpc) is 3.50. The molecule has 0 bridgehead atoms. The number of likely N-dealkylation sites (tertiary alicyclic amines) is 2. The molecule has 0 radical (unpaired) electrons. The van der Waals surface area contributed by atoms with Crippen LogP contribution in [0.3, 0.4) is 0 Å². The Morgan fingerprint density at radius 3 is 1.95 bits per heavy atom. The number of furan rings is 1. The second-order valence-corrected chi connectivity index (χ2v) is 9.95. The molecule has 2 fully saturated rings. The lowest BCUT2D eigenvalue weighted by molar-refractivity contribution is -0.193. The maximum atomic E-state index is 13.2. The Morgan fingerprint density at radius 2 is 1.47 bits per heavy atom. The molecule has 3 heterocycles. The number of fused-ring (bicyclic) bond motifs is 1. The smallest absolute Gasteiger partial charge is 0.475 e. The van der Waals surface area contributed by atoms with E-state index in [0.29, 0.717) is 6.61 Å². The minimum Gasteiger partial charge on any atom is -0.475 e. The van der Waals surface area contributed by atoms with Crippen LogP contribution in [0.1, 0.15) is 30.9 Å². The second kappa shape index (κ2) is 15.2. The molecular weight excluding hydrogens is 597 g/mol. The van der Waals surface area contributed by atoms with Gasteiger partial charge in [-0.3, -0.25) is 14.6 Å². The van der Waals surface area contributed by atoms with Gasteiger partial charge in [0.25, 0.3) is 0 Å². The summed E-state index contributed by atoms with van der Waals surface area (Å²) in [6.07, 6.45) is -4.91. The highest BCUT2D eigenvalue weighted by Gasteiger charge is 2.54. The number of carboxylic acids is 2. The predicted octanol–water partition coefficient (Wildman–Crippen LogP) is 4.96. The lowest BCUT2D eigenvalue weighted by atomic mass is 9.75. The van der Waals surface area contributed by atoms with Crippen LogP contribution in [-0.4, -0.2) is 83.1 Å². The molecule has 2 aliphatic heterocycles. The Bertz CT molecular complexity index is 1160. The average molecular weight is 629 g/mol. The van der Waals surface area contributed by atoms with Crippen molar-refractivity contribution in [3.8, 4) is 0 Å². The molecule has 0 amide bonds. The summed E-state index contributed by atoms with van der Waals surface area (Å²) in [6.45, 7) is 7.22. The zero-order chi connectivity index (χ0) is 32.4. The highest BCUT2D eigenvalue weighted by atomic mass is 19.4. The topological polar surface area (TPSA) is 121 Å². The number of aliphatic carboxylic acids is 2. The van der Waals surface area contributed by atoms with E-state index in [-0.39, 0.29) is 17.7 Å². The van der Waals surface area contributed by atoms with Crippen molar-refractivity contribution in [3.63, 3.8) is 0 Å². The van der Waals surface area contributed by atoms with Gasteiger partial charge in [0.1, 0.15) is 5.82 Å². The van der Waals surface area contributed by atoms with E-state index in [1.807, 2.05) is 25.1 Å². The van der Waals surface area contributed by atoms with Gasteiger partial charge in [-0.15, -0.1) is 0 Å². The van der Waals surface area contributed by atoms with Crippen molar-refractivity contribution in [1.29, 1.82) is 0 Å². The number of ether oxygens (including phenoxy) is 1. The molecule has 4 rings (SSSR count). The summed E-state index contributed by atoms with van der Waals surface area (Å²) in [5.41, 5.74) is 1.78. The van der Waals surface area contributed by atoms with Crippen molar-refractivity contribution in [3.05, 3.63) is 59.8 Å². The fraction of sp³-hybridized carbons (Fsp3) is 0.519. The van der Waals surface area contributed by atoms with Gasteiger partial charge in [0, 0.05) is 44.2 Å². The first-order valence-corrected chi connectivity index (χ1v) is 13.0. The number of carboxylic acid groups (broad SMARTS) is 2. The van der Waals surface area contributed by atoms with E-state index in [0.717, 1.165) is 63.2 Å². The second-order valence-electron chi connectivity index (χ2n) is 9.95. The summed E-state index contributed by atoms with van der Waals surface area (Å²) in [7, 11) is 0. The fourth-order valence-electron chi connectivity index (χ4n) is 4.98. The normalized spacial score (nSPS) is 20.9. The first-order chi connectivity index (χ1) is 20.0. The van der Waals surface area contributed by atoms with Gasteiger partial charge in [0.15, 0.2) is 0 Å². The summed E-state index contributed by atoms with van der Waals surface area (Å²) in [4.78, 5) is 35.6. The number of benzene rings is 1. The number of nitrogens with zero attached hydrogens (tertiary/aromatic N) is 2. The van der Waals surface area contributed by atoms with Crippen LogP contribution < -0.4 is 0 Å². The third kappa shape index (κ3) is 10.8. The van der Waals surface area contributed by atoms with Gasteiger partial charge < -0.3 is 19.4 Å². The molecule has 9 nitrogen and oxygen atoms in total. The molecule has 0 saturated carbocycles. The molecule has 2 N–H and O–H groups in total. The quantitative estimate of drug-likeness (QED) is 0.338. The van der Waals surface area contributed by atoms with E-state index in [1.54, 1.807) is 12.5 Å². The summed E-state index contributed by atoms with van der Waals surface area (Å²) in [5.74, 6) is -5.56. The minimum atomic E-state index is -5.08. The summed E-state index contributed by atoms with van der Waals surface area (Å²) in [6, 6.07) is 8.69. The SMILES string of the molecule is CCOC(=O)[C@]12CCCN(Cc3ccc(F)cc3)C[C@H]1CN(Cc1ccoc1)C2.O=C(O)C(F)(F)F.O=C(O)C(F)(F)F. The molecule has 16 heteroatoms. The Balaban J connectivity index is 0.000000384. The Kier molecular flexibility index (Phi) is 12.5. The van der Waals surface area contributed by atoms with E-state index < -0.39 is 29.7 Å². The highest BCUT2D eigenvalue weighted by molar-refractivity contribution is 5.78. The number of carbonyl (C=O) groups excluding carboxylic acids is 1. The summed E-state index contributed by atoms with van der Waals surface area (Å²) >= 11 is 0. The van der Waals surface area contributed by atoms with Crippen LogP contribution in [0.15, 0.2) is 47.3 Å². The Morgan fingerprint density at radius 1 is 0.930 bits per heavy atom. The van der Waals surface area contributed by atoms with Crippen LogP contribution in [0.5, 0.6) is 0 Å². The molecule has 2 atom stereocenters. The van der Waals surface area contributed by atoms with Crippen molar-refractivity contribution in [2.24, 2.45) is 11.3 Å². The monoisotopic (exact) mass is 628 g/mol. The third-order valence-corrected chi connectivity index (χ3v) is 6.81. The molecule has 2 aliphatic rings. The van der Waals surface area contributed by atoms with Crippen molar-refractivity contribution in [1.82, 2.24) is 9.80 Å². The molecule has 1 aromatic carbocycles. The zero-order valence-corrected chi connectivity index (χ0v) is 23.0. The first kappa shape index (κ1) is 35.5. The van der Waals surface area contributed by atoms with Crippen molar-refractivity contribution in [2.75, 3.05) is 32.8 Å². The predicted molar refractivity (Wildman–Crippen MR) is 135 cm³/mol. The van der Waals surface area contributed by atoms with Crippen LogP contribution in [0, 0.1) is 17.2 Å². The molecule has 240 valence electrons. The zero-order valence-electron chi connectivity index (χ0n) is 23.0. The van der Waals surface area contributed by atoms with Crippen molar-refractivity contribution in [2.45, 2.75) is 45.2 Å². The largest absolute Gasteiger partial charge is 0.490 e. The first-order valence-electron chi connectivity index (χ1n) is 13.0. The molecule has 0 unspecified atom stereocenters. The van der Waals surface area contributed by atoms with Gasteiger partial charge in [-0.1, -0.05) is 12.1 Å². The van der Waals surface area contributed by atoms with Gasteiger partial charge in [-0.25, -0.2) is 14.0 Å². The third-order valence-electron chi connectivity index (χ3n) is 6.81. The van der Waals surface area contributed by atoms with Crippen LogP contribution >= 0.6 is 0 Å². The molecule has 1 aromatic heterocycles. The van der Waals surface area contributed by atoms with Gasteiger partial charge in [0.05, 0.1) is 24.5 Å². The van der Waals surface area contributed by atoms with Crippen LogP contribution in [0.25, 0.3) is 0 Å². The number of esters is 1. The lowest BCUT2D eigenvalue weighted by Crippen LogP contribution is -2.42. The minimum absolute atomic E-state index is 0.0525. The molecule has 0 spiro atoms. The van der Waals surface area contributed by atoms with Gasteiger partial charge >= 0.3 is 30.3 Å². The Hall–Kier alpha value is -3.66. The number of alkyl halides is 6. The summed E-state index contributed by atoms with van der Waals surface area (Å²) in [5, 5.41) is 14.2. The maximum absolute atomic E-state index is 13.2. The lowest BCUT2D eigenvalue weighted by Gasteiger charge is -2.31. The molecule has 2 saturated heterocycles. The van der Waals surface area contributed by atoms with Crippen LogP contribution in [0.2, 0.25) is 0 Å². The van der Waals surface area contributed by atoms with E-state index in [1.165, 1.54) is 12.1 Å². The van der Waals surface area contributed by atoms with Crippen LogP contribution in [0.4, 0.5) is 30.7 Å².